The molecule has 0 saturated heterocycles. The van der Waals surface area contributed by atoms with Gasteiger partial charge in [0.25, 0.3) is 0 Å². The summed E-state index contributed by atoms with van der Waals surface area (Å²) in [6.07, 6.45) is 6.07. The third-order valence-electron chi connectivity index (χ3n) is 7.24. The Hall–Kier alpha value is -1.99. The van der Waals surface area contributed by atoms with Gasteiger partial charge >= 0.3 is 0 Å². The Balaban J connectivity index is 1.87. The second-order valence-electron chi connectivity index (χ2n) is 12.3. The number of aryl methyl sites for hydroxylation is 2. The molecule has 3 aromatic rings. The van der Waals surface area contributed by atoms with E-state index in [0.29, 0.717) is 0 Å². The zero-order valence-corrected chi connectivity index (χ0v) is 25.5. The smallest absolute Gasteiger partial charge is 0.0618 e. The quantitative estimate of drug-likeness (QED) is 0.196. The van der Waals surface area contributed by atoms with Gasteiger partial charge in [-0.1, -0.05) is 138 Å². The lowest BCUT2D eigenvalue weighted by Gasteiger charge is -2.33. The fraction of sp³-hybridized carbons (Fsp3) is 0.412. The zero-order chi connectivity index (χ0) is 27.1. The van der Waals surface area contributed by atoms with Gasteiger partial charge in [0.1, 0.15) is 0 Å². The molecule has 3 rings (SSSR count). The fourth-order valence-corrected chi connectivity index (χ4v) is 9.04. The summed E-state index contributed by atoms with van der Waals surface area (Å²) < 4.78 is 0. The Morgan fingerprint density at radius 1 is 0.730 bits per heavy atom. The molecule has 3 aromatic carbocycles. The van der Waals surface area contributed by atoms with Crippen molar-refractivity contribution in [3.63, 3.8) is 0 Å². The average Bonchev–Trinajstić information content (AvgIpc) is 2.87. The van der Waals surface area contributed by atoms with Crippen LogP contribution in [0.1, 0.15) is 75.1 Å². The summed E-state index contributed by atoms with van der Waals surface area (Å²) in [5.41, 5.74) is 7.16. The van der Waals surface area contributed by atoms with E-state index in [1.165, 1.54) is 27.8 Å². The first-order chi connectivity index (χ1) is 17.4. The lowest BCUT2D eigenvalue weighted by atomic mass is 9.86. The van der Waals surface area contributed by atoms with Gasteiger partial charge in [0, 0.05) is 6.54 Å². The highest BCUT2D eigenvalue weighted by Crippen LogP contribution is 2.58. The summed E-state index contributed by atoms with van der Waals surface area (Å²) >= 11 is 6.70. The summed E-state index contributed by atoms with van der Waals surface area (Å²) in [5.74, 6) is 0.185. The molecule has 0 fully saturated rings. The van der Waals surface area contributed by atoms with Crippen LogP contribution < -0.4 is 5.32 Å². The molecule has 1 N–H and O–H groups in total. The molecular weight excluding hydrogens is 485 g/mol. The van der Waals surface area contributed by atoms with Crippen LogP contribution in [-0.4, -0.2) is 18.9 Å². The van der Waals surface area contributed by atoms with Gasteiger partial charge in [0.15, 0.2) is 0 Å². The lowest BCUT2D eigenvalue weighted by Crippen LogP contribution is -2.24. The topological polar surface area (TPSA) is 12.0 Å². The van der Waals surface area contributed by atoms with E-state index in [4.69, 9.17) is 11.8 Å². The van der Waals surface area contributed by atoms with E-state index >= 15 is 0 Å². The number of hydrogen-bond donors (Lipinski definition) is 1. The Bertz CT molecular complexity index is 1100. The summed E-state index contributed by atoms with van der Waals surface area (Å²) in [6.45, 7) is 18.3. The first-order valence-corrected chi connectivity index (χ1v) is 16.8. The molecule has 0 amide bonds. The first-order valence-electron chi connectivity index (χ1n) is 13.6. The monoisotopic (exact) mass is 531 g/mol. The maximum atomic E-state index is 6.70. The van der Waals surface area contributed by atoms with E-state index in [1.807, 2.05) is 6.08 Å². The zero-order valence-electron chi connectivity index (χ0n) is 23.8. The standard InChI is InChI=1S/C34H46NPS/c1-8-24-35-32(29-12-10-9-11-13-29)36(37,25-22-27-14-18-30(19-15-27)33(2,3)4)26-23-28-16-20-31(21-17-28)34(5,6)7/h8-21,32,35H,1,22-26H2,2-7H3. The molecule has 0 heterocycles. The van der Waals surface area contributed by atoms with Gasteiger partial charge in [0.2, 0.25) is 0 Å². The second-order valence-corrected chi connectivity index (χ2v) is 17.8. The van der Waals surface area contributed by atoms with E-state index < -0.39 is 6.04 Å². The van der Waals surface area contributed by atoms with Crippen molar-refractivity contribution < 1.29 is 0 Å². The summed E-state index contributed by atoms with van der Waals surface area (Å²) in [6, 6.07) is 27.4. The van der Waals surface area contributed by atoms with E-state index in [9.17, 15) is 0 Å². The van der Waals surface area contributed by atoms with Crippen LogP contribution in [-0.2, 0) is 35.5 Å². The average molecular weight is 532 g/mol. The normalized spacial score (nSPS) is 13.4. The number of nitrogens with one attached hydrogen (secondary N) is 1. The van der Waals surface area contributed by atoms with Crippen molar-refractivity contribution in [2.75, 3.05) is 18.9 Å². The van der Waals surface area contributed by atoms with Crippen LogP contribution in [0.4, 0.5) is 0 Å². The molecule has 198 valence electrons. The van der Waals surface area contributed by atoms with Crippen molar-refractivity contribution in [1.29, 1.82) is 0 Å². The second kappa shape index (κ2) is 12.7. The van der Waals surface area contributed by atoms with E-state index in [1.54, 1.807) is 0 Å². The van der Waals surface area contributed by atoms with Gasteiger partial charge in [-0.3, -0.25) is 0 Å². The number of hydrogen-bond acceptors (Lipinski definition) is 2. The summed E-state index contributed by atoms with van der Waals surface area (Å²) in [7, 11) is 0. The predicted octanol–water partition coefficient (Wildman–Crippen LogP) is 9.02. The van der Waals surface area contributed by atoms with Crippen LogP contribution >= 0.6 is 6.04 Å². The van der Waals surface area contributed by atoms with Crippen LogP contribution in [0, 0.1) is 0 Å². The van der Waals surface area contributed by atoms with Crippen molar-refractivity contribution in [3.8, 4) is 0 Å². The van der Waals surface area contributed by atoms with Crippen LogP contribution in [0.5, 0.6) is 0 Å². The van der Waals surface area contributed by atoms with Crippen molar-refractivity contribution in [2.24, 2.45) is 0 Å². The van der Waals surface area contributed by atoms with Gasteiger partial charge in [-0.15, -0.1) is 6.58 Å². The molecule has 0 radical (unpaired) electrons. The molecule has 1 nitrogen and oxygen atoms in total. The van der Waals surface area contributed by atoms with Gasteiger partial charge in [0.05, 0.1) is 5.78 Å². The molecule has 1 unspecified atom stereocenters. The number of benzene rings is 3. The molecule has 37 heavy (non-hydrogen) atoms. The molecule has 0 aliphatic heterocycles. The third-order valence-corrected chi connectivity index (χ3v) is 12.4. The Morgan fingerprint density at radius 2 is 1.16 bits per heavy atom. The Labute approximate surface area is 231 Å². The van der Waals surface area contributed by atoms with Crippen molar-refractivity contribution in [2.45, 2.75) is 71.0 Å². The molecule has 0 bridgehead atoms. The molecule has 0 aliphatic carbocycles. The molecule has 3 heteroatoms. The van der Waals surface area contributed by atoms with Crippen molar-refractivity contribution in [3.05, 3.63) is 119 Å². The third kappa shape index (κ3) is 8.51. The molecular formula is C34H46NPS. The maximum Gasteiger partial charge on any atom is 0.0618 e. The maximum absolute atomic E-state index is 6.70. The highest BCUT2D eigenvalue weighted by molar-refractivity contribution is 8.14. The predicted molar refractivity (Wildman–Crippen MR) is 169 cm³/mol. The van der Waals surface area contributed by atoms with Gasteiger partial charge in [-0.2, -0.15) is 0 Å². The number of rotatable bonds is 11. The van der Waals surface area contributed by atoms with Crippen molar-refractivity contribution >= 4 is 17.8 Å². The summed E-state index contributed by atoms with van der Waals surface area (Å²) in [4.78, 5) is 0. The Morgan fingerprint density at radius 3 is 1.54 bits per heavy atom. The molecule has 0 spiro atoms. The highest BCUT2D eigenvalue weighted by atomic mass is 32.4. The minimum absolute atomic E-state index is 0.169. The lowest BCUT2D eigenvalue weighted by molar-refractivity contribution is 0.589. The highest BCUT2D eigenvalue weighted by Gasteiger charge is 2.29. The van der Waals surface area contributed by atoms with Crippen LogP contribution in [0.15, 0.2) is 91.5 Å². The fourth-order valence-electron chi connectivity index (χ4n) is 4.74. The SMILES string of the molecule is C=CCNC(c1ccccc1)P(=S)(CCc1ccc(C(C)(C)C)cc1)CCc1ccc(C(C)(C)C)cc1. The van der Waals surface area contributed by atoms with Gasteiger partial charge in [-0.25, -0.2) is 0 Å². The van der Waals surface area contributed by atoms with Crippen molar-refractivity contribution in [1.82, 2.24) is 5.32 Å². The summed E-state index contributed by atoms with van der Waals surface area (Å²) in [5, 5.41) is 3.78. The van der Waals surface area contributed by atoms with Crippen LogP contribution in [0.3, 0.4) is 0 Å². The van der Waals surface area contributed by atoms with Gasteiger partial charge in [-0.05, 0) is 69.9 Å². The Kier molecular flexibility index (Phi) is 10.2. The van der Waals surface area contributed by atoms with Crippen LogP contribution in [0.25, 0.3) is 0 Å². The molecule has 0 aromatic heterocycles. The molecule has 0 aliphatic rings. The minimum atomic E-state index is -1.83. The van der Waals surface area contributed by atoms with E-state index in [2.05, 4.69) is 132 Å². The molecule has 1 atom stereocenters. The first kappa shape index (κ1) is 29.6. The van der Waals surface area contributed by atoms with Gasteiger partial charge < -0.3 is 5.32 Å². The minimum Gasteiger partial charge on any atom is -0.302 e. The molecule has 0 saturated carbocycles. The van der Waals surface area contributed by atoms with E-state index in [-0.39, 0.29) is 16.6 Å². The largest absolute Gasteiger partial charge is 0.302 e. The van der Waals surface area contributed by atoms with Crippen LogP contribution in [0.2, 0.25) is 0 Å². The van der Waals surface area contributed by atoms with E-state index in [0.717, 1.165) is 31.7 Å².